The Bertz CT molecular complexity index is 1600. The number of rotatable bonds is 10. The van der Waals surface area contributed by atoms with Crippen LogP contribution in [0.15, 0.2) is 48.5 Å². The molecule has 3 aromatic rings. The van der Waals surface area contributed by atoms with Gasteiger partial charge in [0, 0.05) is 16.7 Å². The number of benzene rings is 2. The second-order valence-corrected chi connectivity index (χ2v) is 12.2. The van der Waals surface area contributed by atoms with Crippen LogP contribution in [0.3, 0.4) is 0 Å². The zero-order chi connectivity index (χ0) is 30.9. The van der Waals surface area contributed by atoms with Gasteiger partial charge in [-0.3, -0.25) is 4.79 Å². The highest BCUT2D eigenvalue weighted by atomic mass is 19.4. The van der Waals surface area contributed by atoms with Crippen LogP contribution < -0.4 is 25.3 Å². The lowest BCUT2D eigenvalue weighted by atomic mass is 9.86. The van der Waals surface area contributed by atoms with Gasteiger partial charge in [0.25, 0.3) is 5.91 Å². The molecular formula is C32H31F4N3O5. The van der Waals surface area contributed by atoms with E-state index in [1.807, 2.05) is 0 Å². The van der Waals surface area contributed by atoms with Crippen LogP contribution in [0.5, 0.6) is 17.2 Å². The first-order valence-corrected chi connectivity index (χ1v) is 14.7. The molecule has 8 nitrogen and oxygen atoms in total. The van der Waals surface area contributed by atoms with Crippen molar-refractivity contribution >= 4 is 5.91 Å². The first-order chi connectivity index (χ1) is 20.9. The number of ether oxygens (including phenoxy) is 3. The number of amides is 1. The second-order valence-electron chi connectivity index (χ2n) is 12.2. The summed E-state index contributed by atoms with van der Waals surface area (Å²) in [5.41, 5.74) is 1.32. The predicted molar refractivity (Wildman–Crippen MR) is 150 cm³/mol. The van der Waals surface area contributed by atoms with E-state index in [9.17, 15) is 27.5 Å². The van der Waals surface area contributed by atoms with Crippen molar-refractivity contribution in [3.8, 4) is 28.5 Å². The molecule has 0 saturated heterocycles. The molecule has 232 valence electrons. The first kappa shape index (κ1) is 28.8. The zero-order valence-electron chi connectivity index (χ0n) is 23.6. The molecule has 1 aliphatic heterocycles. The minimum atomic E-state index is -4.88. The average Bonchev–Trinajstić information content (AvgIpc) is 3.84. The van der Waals surface area contributed by atoms with E-state index in [2.05, 4.69) is 10.3 Å². The minimum absolute atomic E-state index is 0.00686. The van der Waals surface area contributed by atoms with Gasteiger partial charge in [-0.05, 0) is 93.0 Å². The molecule has 1 amide bonds. The summed E-state index contributed by atoms with van der Waals surface area (Å²) in [6.45, 7) is -1.20. The summed E-state index contributed by atoms with van der Waals surface area (Å²) in [7, 11) is 0. The fourth-order valence-corrected chi connectivity index (χ4v) is 5.43. The number of halogens is 4. The molecule has 44 heavy (non-hydrogen) atoms. The lowest BCUT2D eigenvalue weighted by molar-refractivity contribution is -0.191. The molecule has 4 N–H and O–H groups in total. The van der Waals surface area contributed by atoms with Crippen molar-refractivity contribution in [3.05, 3.63) is 71.2 Å². The van der Waals surface area contributed by atoms with E-state index in [1.54, 1.807) is 18.2 Å². The van der Waals surface area contributed by atoms with Crippen LogP contribution in [-0.4, -0.2) is 47.5 Å². The van der Waals surface area contributed by atoms with Crippen molar-refractivity contribution in [1.29, 1.82) is 0 Å². The average molecular weight is 614 g/mol. The van der Waals surface area contributed by atoms with Crippen molar-refractivity contribution < 1.29 is 41.7 Å². The molecule has 3 aliphatic carbocycles. The molecule has 3 saturated carbocycles. The van der Waals surface area contributed by atoms with Gasteiger partial charge in [0.1, 0.15) is 23.7 Å². The van der Waals surface area contributed by atoms with Crippen LogP contribution in [0, 0.1) is 11.7 Å². The number of alkyl halides is 3. The summed E-state index contributed by atoms with van der Waals surface area (Å²) in [6.07, 6.45) is 0.259. The van der Waals surface area contributed by atoms with E-state index in [-0.39, 0.29) is 58.5 Å². The number of aliphatic hydroxyl groups is 1. The molecule has 1 unspecified atom stereocenters. The van der Waals surface area contributed by atoms with Gasteiger partial charge in [-0.15, -0.1) is 0 Å². The molecule has 2 aromatic carbocycles. The Balaban J connectivity index is 1.21. The lowest BCUT2D eigenvalue weighted by Gasteiger charge is -2.31. The highest BCUT2D eigenvalue weighted by molar-refractivity contribution is 5.95. The van der Waals surface area contributed by atoms with Crippen LogP contribution >= 0.6 is 0 Å². The quantitative estimate of drug-likeness (QED) is 0.273. The molecule has 7 rings (SSSR count). The molecule has 1 aromatic heterocycles. The van der Waals surface area contributed by atoms with E-state index in [4.69, 9.17) is 19.9 Å². The maximum Gasteiger partial charge on any atom is 0.414 e. The minimum Gasteiger partial charge on any atom is -0.488 e. The van der Waals surface area contributed by atoms with Gasteiger partial charge < -0.3 is 30.4 Å². The Hall–Kier alpha value is -3.90. The number of nitrogens with two attached hydrogens (primary N) is 1. The number of carbonyl (C=O) groups excluding carboxylic acids is 1. The number of pyridine rings is 1. The summed E-state index contributed by atoms with van der Waals surface area (Å²) < 4.78 is 73.9. The fourth-order valence-electron chi connectivity index (χ4n) is 5.43. The fraction of sp³-hybridized carbons (Fsp3) is 0.438. The van der Waals surface area contributed by atoms with Crippen molar-refractivity contribution in [2.75, 3.05) is 13.2 Å². The van der Waals surface area contributed by atoms with Crippen molar-refractivity contribution in [2.45, 2.75) is 68.0 Å². The monoisotopic (exact) mass is 613 g/mol. The van der Waals surface area contributed by atoms with Crippen LogP contribution in [0.1, 0.15) is 60.1 Å². The van der Waals surface area contributed by atoms with Gasteiger partial charge >= 0.3 is 6.18 Å². The lowest BCUT2D eigenvalue weighted by Crippen LogP contribution is -2.52. The van der Waals surface area contributed by atoms with Crippen molar-refractivity contribution in [1.82, 2.24) is 10.3 Å². The number of hydrogen-bond donors (Lipinski definition) is 3. The van der Waals surface area contributed by atoms with Crippen LogP contribution in [0.4, 0.5) is 17.6 Å². The maximum atomic E-state index is 14.3. The van der Waals surface area contributed by atoms with Crippen LogP contribution in [0.2, 0.25) is 0 Å². The van der Waals surface area contributed by atoms with Gasteiger partial charge in [0.05, 0.1) is 24.4 Å². The molecule has 0 bridgehead atoms. The Kier molecular flexibility index (Phi) is 6.78. The highest BCUT2D eigenvalue weighted by Crippen LogP contribution is 2.52. The van der Waals surface area contributed by atoms with E-state index >= 15 is 0 Å². The third-order valence-electron chi connectivity index (χ3n) is 8.58. The Morgan fingerprint density at radius 1 is 1.00 bits per heavy atom. The molecular weight excluding hydrogens is 582 g/mol. The summed E-state index contributed by atoms with van der Waals surface area (Å²) >= 11 is 0. The van der Waals surface area contributed by atoms with Gasteiger partial charge in [-0.2, -0.15) is 13.2 Å². The number of aromatic nitrogens is 1. The van der Waals surface area contributed by atoms with E-state index < -0.39 is 35.6 Å². The molecule has 0 spiro atoms. The van der Waals surface area contributed by atoms with Gasteiger partial charge in [-0.25, -0.2) is 9.37 Å². The summed E-state index contributed by atoms with van der Waals surface area (Å²) in [4.78, 5) is 17.9. The number of carbonyl (C=O) groups is 1. The Morgan fingerprint density at radius 2 is 1.66 bits per heavy atom. The van der Waals surface area contributed by atoms with E-state index in [0.717, 1.165) is 43.9 Å². The summed E-state index contributed by atoms with van der Waals surface area (Å²) in [5.74, 6) is -0.564. The number of hydrogen-bond acceptors (Lipinski definition) is 7. The first-order valence-electron chi connectivity index (χ1n) is 14.7. The molecule has 3 fully saturated rings. The largest absolute Gasteiger partial charge is 0.488 e. The number of fused-ring (bicyclic) bond motifs is 1. The summed E-state index contributed by atoms with van der Waals surface area (Å²) in [5, 5.41) is 14.8. The van der Waals surface area contributed by atoms with E-state index in [1.165, 1.54) is 12.1 Å². The third-order valence-corrected chi connectivity index (χ3v) is 8.58. The summed E-state index contributed by atoms with van der Waals surface area (Å²) in [6, 6.07) is 11.1. The number of nitrogens with one attached hydrogen (secondary N) is 1. The second kappa shape index (κ2) is 10.3. The standard InChI is InChI=1S/C32H31F4N3O5/c33-20-6-1-17(2-7-20)27-28-23(31(37,16-42-28)32(34,35)36)14-26(39-27)30(41,19-4-5-19)15-38-29(40)18-3-12-24(43-21-8-9-21)25(13-18)44-22-10-11-22/h1-3,6-7,12-14,19,21-22,41H,4-5,8-11,15-16,37H2,(H,38,40)/t30?,31-/m0/s1. The molecule has 12 heteroatoms. The molecule has 0 radical (unpaired) electrons. The zero-order valence-corrected chi connectivity index (χ0v) is 23.6. The Labute approximate surface area is 250 Å². The Morgan fingerprint density at radius 3 is 2.27 bits per heavy atom. The molecule has 4 aliphatic rings. The van der Waals surface area contributed by atoms with Gasteiger partial charge in [0.2, 0.25) is 0 Å². The van der Waals surface area contributed by atoms with Crippen molar-refractivity contribution in [2.24, 2.45) is 11.7 Å². The highest BCUT2D eigenvalue weighted by Gasteiger charge is 2.59. The number of nitrogens with zero attached hydrogens (tertiary/aromatic N) is 1. The van der Waals surface area contributed by atoms with Gasteiger partial charge in [-0.1, -0.05) is 0 Å². The predicted octanol–water partition coefficient (Wildman–Crippen LogP) is 5.11. The smallest absolute Gasteiger partial charge is 0.414 e. The van der Waals surface area contributed by atoms with Crippen LogP contribution in [-0.2, 0) is 11.1 Å². The maximum absolute atomic E-state index is 14.3. The SMILES string of the molecule is N[C@@]1(C(F)(F)F)COc2c1cc(C(O)(CNC(=O)c1ccc(OC3CC3)c(OC3CC3)c1)C1CC1)nc2-c1ccc(F)cc1. The van der Waals surface area contributed by atoms with Crippen LogP contribution in [0.25, 0.3) is 11.3 Å². The van der Waals surface area contributed by atoms with Gasteiger partial charge in [0.15, 0.2) is 22.8 Å². The third kappa shape index (κ3) is 5.34. The van der Waals surface area contributed by atoms with E-state index in [0.29, 0.717) is 24.3 Å². The molecule has 2 atom stereocenters. The topological polar surface area (TPSA) is 116 Å². The molecule has 2 heterocycles. The normalized spacial score (nSPS) is 22.5. The van der Waals surface area contributed by atoms with Crippen molar-refractivity contribution in [3.63, 3.8) is 0 Å².